The van der Waals surface area contributed by atoms with E-state index >= 15 is 0 Å². The average Bonchev–Trinajstić information content (AvgIpc) is 2.44. The molecule has 0 saturated heterocycles. The third-order valence-electron chi connectivity index (χ3n) is 3.27. The van der Waals surface area contributed by atoms with E-state index in [1.54, 1.807) is 0 Å². The zero-order chi connectivity index (χ0) is 16.1. The molecule has 0 saturated carbocycles. The first-order valence-electron chi connectivity index (χ1n) is 6.93. The third kappa shape index (κ3) is 4.97. The van der Waals surface area contributed by atoms with Crippen molar-refractivity contribution in [2.24, 2.45) is 0 Å². The van der Waals surface area contributed by atoms with Gasteiger partial charge in [0.2, 0.25) is 5.91 Å². The second-order valence-electron chi connectivity index (χ2n) is 5.27. The van der Waals surface area contributed by atoms with Crippen LogP contribution in [-0.2, 0) is 11.3 Å². The van der Waals surface area contributed by atoms with Crippen LogP contribution in [-0.4, -0.2) is 24.4 Å². The Hall–Kier alpha value is -1.11. The summed E-state index contributed by atoms with van der Waals surface area (Å²) >= 11 is 8.40. The van der Waals surface area contributed by atoms with Crippen molar-refractivity contribution < 1.29 is 4.79 Å². The summed E-state index contributed by atoms with van der Waals surface area (Å²) in [5.74, 6) is -0.0288. The number of aryl methyl sites for hydroxylation is 1. The molecule has 0 aliphatic rings. The molecular formula is C17H18ClIN2O. The van der Waals surface area contributed by atoms with Gasteiger partial charge in [-0.2, -0.15) is 0 Å². The van der Waals surface area contributed by atoms with Crippen LogP contribution in [0.25, 0.3) is 0 Å². The van der Waals surface area contributed by atoms with Gasteiger partial charge in [-0.3, -0.25) is 9.69 Å². The minimum atomic E-state index is -0.0288. The van der Waals surface area contributed by atoms with E-state index in [0.29, 0.717) is 13.1 Å². The van der Waals surface area contributed by atoms with Crippen LogP contribution in [0.1, 0.15) is 11.1 Å². The van der Waals surface area contributed by atoms with Gasteiger partial charge in [-0.25, -0.2) is 0 Å². The molecule has 3 nitrogen and oxygen atoms in total. The van der Waals surface area contributed by atoms with Crippen molar-refractivity contribution in [3.05, 3.63) is 62.2 Å². The fraction of sp³-hybridized carbons (Fsp3) is 0.235. The highest BCUT2D eigenvalue weighted by atomic mass is 127. The lowest BCUT2D eigenvalue weighted by molar-refractivity contribution is -0.117. The van der Waals surface area contributed by atoms with Gasteiger partial charge in [0.15, 0.2) is 0 Å². The fourth-order valence-corrected chi connectivity index (χ4v) is 3.02. The van der Waals surface area contributed by atoms with Crippen molar-refractivity contribution in [2.75, 3.05) is 18.9 Å². The van der Waals surface area contributed by atoms with Gasteiger partial charge in [0, 0.05) is 20.8 Å². The highest BCUT2D eigenvalue weighted by molar-refractivity contribution is 14.1. The van der Waals surface area contributed by atoms with Crippen LogP contribution in [0.15, 0.2) is 42.5 Å². The van der Waals surface area contributed by atoms with E-state index in [0.717, 1.165) is 25.4 Å². The summed E-state index contributed by atoms with van der Waals surface area (Å²) in [5.41, 5.74) is 2.94. The summed E-state index contributed by atoms with van der Waals surface area (Å²) < 4.78 is 1.16. The highest BCUT2D eigenvalue weighted by Crippen LogP contribution is 2.18. The van der Waals surface area contributed by atoms with Crippen LogP contribution in [0.5, 0.6) is 0 Å². The van der Waals surface area contributed by atoms with Crippen molar-refractivity contribution >= 4 is 45.8 Å². The molecule has 2 aromatic carbocycles. The Bertz CT molecular complexity index is 675. The smallest absolute Gasteiger partial charge is 0.238 e. The SMILES string of the molecule is Cc1cc(I)ccc1NC(=O)CN(C)Cc1ccccc1Cl. The van der Waals surface area contributed by atoms with Gasteiger partial charge in [0.25, 0.3) is 0 Å². The van der Waals surface area contributed by atoms with Crippen LogP contribution >= 0.6 is 34.2 Å². The maximum atomic E-state index is 12.1. The second kappa shape index (κ2) is 7.94. The van der Waals surface area contributed by atoms with Crippen LogP contribution in [0.2, 0.25) is 5.02 Å². The number of anilines is 1. The van der Waals surface area contributed by atoms with E-state index in [4.69, 9.17) is 11.6 Å². The Morgan fingerprint density at radius 1 is 1.27 bits per heavy atom. The third-order valence-corrected chi connectivity index (χ3v) is 4.31. The number of carbonyl (C=O) groups excluding carboxylic acids is 1. The van der Waals surface area contributed by atoms with Gasteiger partial charge in [0.1, 0.15) is 0 Å². The van der Waals surface area contributed by atoms with Crippen molar-refractivity contribution in [3.8, 4) is 0 Å². The van der Waals surface area contributed by atoms with E-state index < -0.39 is 0 Å². The molecule has 1 N–H and O–H groups in total. The van der Waals surface area contributed by atoms with Crippen LogP contribution < -0.4 is 5.32 Å². The maximum Gasteiger partial charge on any atom is 0.238 e. The van der Waals surface area contributed by atoms with Gasteiger partial charge >= 0.3 is 0 Å². The van der Waals surface area contributed by atoms with Crippen molar-refractivity contribution in [3.63, 3.8) is 0 Å². The van der Waals surface area contributed by atoms with Crippen LogP contribution in [0.3, 0.4) is 0 Å². The lowest BCUT2D eigenvalue weighted by Gasteiger charge is -2.17. The van der Waals surface area contributed by atoms with Crippen molar-refractivity contribution in [2.45, 2.75) is 13.5 Å². The summed E-state index contributed by atoms with van der Waals surface area (Å²) in [6.07, 6.45) is 0. The topological polar surface area (TPSA) is 32.3 Å². The molecule has 0 unspecified atom stereocenters. The van der Waals surface area contributed by atoms with E-state index in [1.807, 2.05) is 61.3 Å². The molecule has 2 rings (SSSR count). The Labute approximate surface area is 149 Å². The Morgan fingerprint density at radius 2 is 2.00 bits per heavy atom. The molecule has 0 aliphatic heterocycles. The first-order valence-corrected chi connectivity index (χ1v) is 8.39. The first kappa shape index (κ1) is 17.2. The molecule has 0 aromatic heterocycles. The van der Waals surface area contributed by atoms with Gasteiger partial charge in [0.05, 0.1) is 6.54 Å². The van der Waals surface area contributed by atoms with Gasteiger partial charge in [-0.1, -0.05) is 29.8 Å². The molecule has 0 bridgehead atoms. The number of carbonyl (C=O) groups is 1. The first-order chi connectivity index (χ1) is 10.5. The number of benzene rings is 2. The predicted molar refractivity (Wildman–Crippen MR) is 100 cm³/mol. The van der Waals surface area contributed by atoms with E-state index in [-0.39, 0.29) is 5.91 Å². The normalized spacial score (nSPS) is 10.8. The summed E-state index contributed by atoms with van der Waals surface area (Å²) in [6.45, 7) is 2.95. The zero-order valence-corrected chi connectivity index (χ0v) is 15.5. The number of rotatable bonds is 5. The molecule has 1 amide bonds. The average molecular weight is 429 g/mol. The number of halogens is 2. The quantitative estimate of drug-likeness (QED) is 0.719. The van der Waals surface area contributed by atoms with E-state index in [1.165, 1.54) is 0 Å². The summed E-state index contributed by atoms with van der Waals surface area (Å²) in [7, 11) is 1.91. The molecule has 5 heteroatoms. The molecular weight excluding hydrogens is 411 g/mol. The largest absolute Gasteiger partial charge is 0.325 e. The lowest BCUT2D eigenvalue weighted by Crippen LogP contribution is -2.30. The Balaban J connectivity index is 1.93. The van der Waals surface area contributed by atoms with Gasteiger partial charge in [-0.05, 0) is 72.0 Å². The molecule has 22 heavy (non-hydrogen) atoms. The summed E-state index contributed by atoms with van der Waals surface area (Å²) in [4.78, 5) is 14.1. The number of nitrogens with zero attached hydrogens (tertiary/aromatic N) is 1. The number of likely N-dealkylation sites (N-methyl/N-ethyl adjacent to an activating group) is 1. The second-order valence-corrected chi connectivity index (χ2v) is 6.92. The maximum absolute atomic E-state index is 12.1. The Kier molecular flexibility index (Phi) is 6.23. The summed E-state index contributed by atoms with van der Waals surface area (Å²) in [5, 5.41) is 3.68. The predicted octanol–water partition coefficient (Wildman–Crippen LogP) is 4.32. The molecule has 0 heterocycles. The number of amides is 1. The fourth-order valence-electron chi connectivity index (χ4n) is 2.18. The van der Waals surface area contributed by atoms with Crippen molar-refractivity contribution in [1.82, 2.24) is 4.90 Å². The van der Waals surface area contributed by atoms with E-state index in [2.05, 4.69) is 27.9 Å². The minimum absolute atomic E-state index is 0.0288. The molecule has 0 atom stereocenters. The van der Waals surface area contributed by atoms with E-state index in [9.17, 15) is 4.79 Å². The van der Waals surface area contributed by atoms with Crippen LogP contribution in [0.4, 0.5) is 5.69 Å². The highest BCUT2D eigenvalue weighted by Gasteiger charge is 2.10. The van der Waals surface area contributed by atoms with Gasteiger partial charge in [-0.15, -0.1) is 0 Å². The molecule has 0 radical (unpaired) electrons. The lowest BCUT2D eigenvalue weighted by atomic mass is 10.2. The zero-order valence-electron chi connectivity index (χ0n) is 12.6. The van der Waals surface area contributed by atoms with Crippen LogP contribution in [0, 0.1) is 10.5 Å². The van der Waals surface area contributed by atoms with Crippen molar-refractivity contribution in [1.29, 1.82) is 0 Å². The minimum Gasteiger partial charge on any atom is -0.325 e. The molecule has 116 valence electrons. The molecule has 0 fully saturated rings. The number of hydrogen-bond donors (Lipinski definition) is 1. The molecule has 0 spiro atoms. The molecule has 0 aliphatic carbocycles. The standard InChI is InChI=1S/C17H18ClIN2O/c1-12-9-14(19)7-8-16(12)20-17(22)11-21(2)10-13-5-3-4-6-15(13)18/h3-9H,10-11H2,1-2H3,(H,20,22). The number of nitrogens with one attached hydrogen (secondary N) is 1. The molecule has 2 aromatic rings. The monoisotopic (exact) mass is 428 g/mol. The summed E-state index contributed by atoms with van der Waals surface area (Å²) in [6, 6.07) is 13.6. The number of hydrogen-bond acceptors (Lipinski definition) is 2. The Morgan fingerprint density at radius 3 is 2.68 bits per heavy atom. The van der Waals surface area contributed by atoms with Gasteiger partial charge < -0.3 is 5.32 Å².